The summed E-state index contributed by atoms with van der Waals surface area (Å²) in [6, 6.07) is 1.84. The molecule has 0 atom stereocenters. The van der Waals surface area contributed by atoms with Crippen molar-refractivity contribution in [3.63, 3.8) is 0 Å². The summed E-state index contributed by atoms with van der Waals surface area (Å²) in [4.78, 5) is 22.0. The molecule has 0 radical (unpaired) electrons. The first-order valence-corrected chi connectivity index (χ1v) is 5.52. The molecule has 0 saturated heterocycles. The maximum Gasteiger partial charge on any atom is 0.260 e. The number of nitrogens with zero attached hydrogens (tertiary/aromatic N) is 2. The van der Waals surface area contributed by atoms with Crippen LogP contribution in [0.5, 0.6) is 0 Å². The normalized spacial score (nSPS) is 10.6. The fourth-order valence-electron chi connectivity index (χ4n) is 1.25. The quantitative estimate of drug-likeness (QED) is 0.803. The Morgan fingerprint density at radius 2 is 2.36 bits per heavy atom. The summed E-state index contributed by atoms with van der Waals surface area (Å²) in [7, 11) is 0. The highest BCUT2D eigenvalue weighted by molar-refractivity contribution is 7.97. The maximum absolute atomic E-state index is 11.4. The molecule has 5 heteroatoms. The lowest BCUT2D eigenvalue weighted by Gasteiger charge is -1.98. The number of nitrogens with one attached hydrogen (secondary N) is 1. The molecule has 0 aromatic carbocycles. The first-order chi connectivity index (χ1) is 6.81. The summed E-state index contributed by atoms with van der Waals surface area (Å²) < 4.78 is 0. The molecule has 14 heavy (non-hydrogen) atoms. The zero-order valence-electron chi connectivity index (χ0n) is 7.65. The molecule has 1 N–H and O–H groups in total. The fourth-order valence-corrected chi connectivity index (χ4v) is 1.74. The number of aromatic amines is 1. The van der Waals surface area contributed by atoms with E-state index in [1.165, 1.54) is 6.33 Å². The largest absolute Gasteiger partial charge is 0.313 e. The van der Waals surface area contributed by atoms with Crippen molar-refractivity contribution in [1.29, 1.82) is 0 Å². The van der Waals surface area contributed by atoms with E-state index in [2.05, 4.69) is 15.0 Å². The van der Waals surface area contributed by atoms with Gasteiger partial charge in [0.2, 0.25) is 0 Å². The van der Waals surface area contributed by atoms with E-state index in [0.29, 0.717) is 11.0 Å². The van der Waals surface area contributed by atoms with Gasteiger partial charge < -0.3 is 4.98 Å². The summed E-state index contributed by atoms with van der Waals surface area (Å²) in [5.41, 5.74) is 1.41. The van der Waals surface area contributed by atoms with Crippen LogP contribution in [0.2, 0.25) is 0 Å². The third kappa shape index (κ3) is 1.63. The average Bonchev–Trinajstić information content (AvgIpc) is 2.20. The number of H-pyrrole nitrogens is 1. The summed E-state index contributed by atoms with van der Waals surface area (Å²) in [5.74, 6) is 0.858. The Hall–Kier alpha value is -1.36. The molecule has 2 aromatic rings. The van der Waals surface area contributed by atoms with Crippen molar-refractivity contribution in [2.24, 2.45) is 0 Å². The highest BCUT2D eigenvalue weighted by Crippen LogP contribution is 2.11. The van der Waals surface area contributed by atoms with Gasteiger partial charge in [0.15, 0.2) is 5.65 Å². The Bertz CT molecular complexity index is 509. The van der Waals surface area contributed by atoms with Crippen molar-refractivity contribution in [3.8, 4) is 0 Å². The maximum atomic E-state index is 11.4. The number of thioether (sulfide) groups is 1. The van der Waals surface area contributed by atoms with Crippen LogP contribution in [0, 0.1) is 0 Å². The first kappa shape index (κ1) is 9.21. The third-order valence-electron chi connectivity index (χ3n) is 1.86. The van der Waals surface area contributed by atoms with Crippen molar-refractivity contribution in [1.82, 2.24) is 15.0 Å². The average molecular weight is 207 g/mol. The van der Waals surface area contributed by atoms with E-state index in [-0.39, 0.29) is 5.56 Å². The first-order valence-electron chi connectivity index (χ1n) is 4.12. The topological polar surface area (TPSA) is 58.6 Å². The van der Waals surface area contributed by atoms with Gasteiger partial charge in [0.05, 0.1) is 11.7 Å². The van der Waals surface area contributed by atoms with Gasteiger partial charge in [-0.05, 0) is 17.9 Å². The number of hydrogen-bond acceptors (Lipinski definition) is 4. The lowest BCUT2D eigenvalue weighted by Crippen LogP contribution is -2.07. The van der Waals surface area contributed by atoms with Crippen molar-refractivity contribution in [3.05, 3.63) is 34.5 Å². The van der Waals surface area contributed by atoms with Gasteiger partial charge >= 0.3 is 0 Å². The SMILES string of the molecule is CSCc1cnc2nc[nH]c(=O)c2c1. The molecule has 2 aromatic heterocycles. The standard InChI is InChI=1S/C9H9N3OS/c1-14-4-6-2-7-8(10-3-6)11-5-12-9(7)13/h2-3,5H,4H2,1H3,(H,10,11,12,13). The van der Waals surface area contributed by atoms with Crippen LogP contribution in [0.1, 0.15) is 5.56 Å². The van der Waals surface area contributed by atoms with E-state index in [4.69, 9.17) is 0 Å². The van der Waals surface area contributed by atoms with Gasteiger partial charge in [-0.1, -0.05) is 0 Å². The minimum absolute atomic E-state index is 0.134. The number of rotatable bonds is 2. The number of aromatic nitrogens is 3. The van der Waals surface area contributed by atoms with Gasteiger partial charge in [-0.3, -0.25) is 4.79 Å². The van der Waals surface area contributed by atoms with Crippen LogP contribution in [0.15, 0.2) is 23.4 Å². The van der Waals surface area contributed by atoms with E-state index in [1.807, 2.05) is 12.3 Å². The van der Waals surface area contributed by atoms with Gasteiger partial charge in [0.25, 0.3) is 5.56 Å². The van der Waals surface area contributed by atoms with Crippen LogP contribution in [0.25, 0.3) is 11.0 Å². The Kier molecular flexibility index (Phi) is 2.49. The van der Waals surface area contributed by atoms with E-state index in [0.717, 1.165) is 11.3 Å². The minimum Gasteiger partial charge on any atom is -0.313 e. The summed E-state index contributed by atoms with van der Waals surface area (Å²) >= 11 is 1.70. The van der Waals surface area contributed by atoms with Gasteiger partial charge in [-0.15, -0.1) is 0 Å². The fraction of sp³-hybridized carbons (Fsp3) is 0.222. The monoisotopic (exact) mass is 207 g/mol. The zero-order valence-corrected chi connectivity index (χ0v) is 8.47. The van der Waals surface area contributed by atoms with Gasteiger partial charge in [-0.2, -0.15) is 11.8 Å². The molecule has 0 aliphatic rings. The summed E-state index contributed by atoms with van der Waals surface area (Å²) in [6.45, 7) is 0. The zero-order chi connectivity index (χ0) is 9.97. The molecule has 72 valence electrons. The van der Waals surface area contributed by atoms with Crippen LogP contribution in [0.4, 0.5) is 0 Å². The highest BCUT2D eigenvalue weighted by atomic mass is 32.2. The molecule has 0 saturated carbocycles. The Labute approximate surface area is 84.8 Å². The number of pyridine rings is 1. The van der Waals surface area contributed by atoms with Crippen molar-refractivity contribution >= 4 is 22.8 Å². The smallest absolute Gasteiger partial charge is 0.260 e. The van der Waals surface area contributed by atoms with Crippen LogP contribution in [-0.4, -0.2) is 21.2 Å². The lowest BCUT2D eigenvalue weighted by molar-refractivity contribution is 1.13. The van der Waals surface area contributed by atoms with Crippen LogP contribution in [0.3, 0.4) is 0 Å². The predicted molar refractivity (Wildman–Crippen MR) is 57.4 cm³/mol. The second-order valence-corrected chi connectivity index (χ2v) is 3.75. The van der Waals surface area contributed by atoms with Gasteiger partial charge in [-0.25, -0.2) is 9.97 Å². The molecule has 4 nitrogen and oxygen atoms in total. The molecule has 0 unspecified atom stereocenters. The summed E-state index contributed by atoms with van der Waals surface area (Å²) in [5, 5.41) is 0.555. The lowest BCUT2D eigenvalue weighted by atomic mass is 10.2. The van der Waals surface area contributed by atoms with Crippen LogP contribution < -0.4 is 5.56 Å². The molecule has 2 rings (SSSR count). The molecular formula is C9H9N3OS. The second-order valence-electron chi connectivity index (χ2n) is 2.88. The van der Waals surface area contributed by atoms with E-state index >= 15 is 0 Å². The summed E-state index contributed by atoms with van der Waals surface area (Å²) in [6.07, 6.45) is 5.13. The third-order valence-corrected chi connectivity index (χ3v) is 2.48. The molecule has 0 fully saturated rings. The Morgan fingerprint density at radius 3 is 3.14 bits per heavy atom. The highest BCUT2D eigenvalue weighted by Gasteiger charge is 2.01. The Morgan fingerprint density at radius 1 is 1.50 bits per heavy atom. The van der Waals surface area contributed by atoms with E-state index in [9.17, 15) is 4.79 Å². The Balaban J connectivity index is 2.64. The van der Waals surface area contributed by atoms with E-state index in [1.54, 1.807) is 18.0 Å². The molecule has 0 aliphatic carbocycles. The van der Waals surface area contributed by atoms with Crippen LogP contribution in [-0.2, 0) is 5.75 Å². The number of fused-ring (bicyclic) bond motifs is 1. The molecule has 0 aliphatic heterocycles. The predicted octanol–water partition coefficient (Wildman–Crippen LogP) is 1.18. The number of hydrogen-bond donors (Lipinski definition) is 1. The minimum atomic E-state index is -0.134. The molecular weight excluding hydrogens is 198 g/mol. The molecule has 2 heterocycles. The molecule has 0 bridgehead atoms. The van der Waals surface area contributed by atoms with E-state index < -0.39 is 0 Å². The van der Waals surface area contributed by atoms with Gasteiger partial charge in [0.1, 0.15) is 0 Å². The molecule has 0 amide bonds. The van der Waals surface area contributed by atoms with Gasteiger partial charge in [0, 0.05) is 11.9 Å². The second kappa shape index (κ2) is 3.79. The van der Waals surface area contributed by atoms with Crippen LogP contribution >= 0.6 is 11.8 Å². The molecule has 0 spiro atoms. The van der Waals surface area contributed by atoms with Crippen molar-refractivity contribution in [2.75, 3.05) is 6.26 Å². The van der Waals surface area contributed by atoms with Crippen molar-refractivity contribution < 1.29 is 0 Å². The van der Waals surface area contributed by atoms with Crippen molar-refractivity contribution in [2.45, 2.75) is 5.75 Å².